The summed E-state index contributed by atoms with van der Waals surface area (Å²) in [6.45, 7) is 3.48. The van der Waals surface area contributed by atoms with E-state index in [2.05, 4.69) is 9.44 Å². The number of carbonyl (C=O) groups excluding carboxylic acids is 4. The molecule has 6 aromatic carbocycles. The van der Waals surface area contributed by atoms with Gasteiger partial charge in [-0.15, -0.1) is 0 Å². The molecule has 0 saturated carbocycles. The van der Waals surface area contributed by atoms with E-state index in [4.69, 9.17) is 19.6 Å². The molecule has 0 aliphatic carbocycles. The molecule has 0 spiro atoms. The number of hydrogen-bond acceptors (Lipinski definition) is 13. The maximum Gasteiger partial charge on any atom is 0.418 e. The number of nitrogens with one attached hydrogen (secondary N) is 2. The number of carbonyl (C=O) groups is 4. The number of fused-ring (bicyclic) bond motifs is 2. The molecule has 0 bridgehead atoms. The van der Waals surface area contributed by atoms with Crippen LogP contribution in [0.5, 0.6) is 11.5 Å². The Bertz CT molecular complexity index is 3720. The van der Waals surface area contributed by atoms with E-state index in [9.17, 15) is 36.0 Å². The highest BCUT2D eigenvalue weighted by Gasteiger charge is 2.42. The van der Waals surface area contributed by atoms with Gasteiger partial charge in [0.2, 0.25) is 23.6 Å². The minimum atomic E-state index is -5.26. The van der Waals surface area contributed by atoms with E-state index in [1.807, 2.05) is 0 Å². The summed E-state index contributed by atoms with van der Waals surface area (Å²) in [7, 11) is -8.53. The van der Waals surface area contributed by atoms with E-state index in [0.717, 1.165) is 47.6 Å². The number of alkyl halides is 6. The predicted molar refractivity (Wildman–Crippen MR) is 308 cm³/mol. The normalized spacial score (nSPS) is 17.5. The van der Waals surface area contributed by atoms with Crippen molar-refractivity contribution in [3.8, 4) is 33.8 Å². The van der Waals surface area contributed by atoms with Crippen LogP contribution >= 0.6 is 11.8 Å². The first-order valence-corrected chi connectivity index (χ1v) is 31.3. The smallest absolute Gasteiger partial charge is 0.338 e. The summed E-state index contributed by atoms with van der Waals surface area (Å²) in [5, 5.41) is 0. The van der Waals surface area contributed by atoms with Crippen LogP contribution < -0.4 is 19.2 Å². The van der Waals surface area contributed by atoms with Crippen molar-refractivity contribution < 1.29 is 81.9 Å². The molecule has 4 aliphatic rings. The van der Waals surface area contributed by atoms with Crippen molar-refractivity contribution in [3.63, 3.8) is 0 Å². The van der Waals surface area contributed by atoms with E-state index >= 15 is 26.3 Å². The number of hydrogen-bond donors (Lipinski definition) is 2. The van der Waals surface area contributed by atoms with Crippen LogP contribution in [0.25, 0.3) is 34.4 Å². The molecule has 25 heteroatoms. The van der Waals surface area contributed by atoms with Gasteiger partial charge in [-0.2, -0.15) is 36.1 Å². The van der Waals surface area contributed by atoms with Crippen molar-refractivity contribution in [1.82, 2.24) is 19.2 Å². The summed E-state index contributed by atoms with van der Waals surface area (Å²) < 4.78 is 153. The second kappa shape index (κ2) is 25.4. The number of benzene rings is 6. The van der Waals surface area contributed by atoms with Gasteiger partial charge in [0.15, 0.2) is 11.5 Å². The third kappa shape index (κ3) is 14.2. The minimum absolute atomic E-state index is 0.0271. The number of halogens is 6. The predicted octanol–water partition coefficient (Wildman–Crippen LogP) is 11.1. The number of likely N-dealkylation sites (tertiary alicyclic amines) is 2. The monoisotopic (exact) mass is 1260 g/mol. The first kappa shape index (κ1) is 62.1. The van der Waals surface area contributed by atoms with E-state index in [1.165, 1.54) is 82.6 Å². The minimum Gasteiger partial charge on any atom is -0.338 e. The zero-order valence-corrected chi connectivity index (χ0v) is 49.1. The zero-order chi connectivity index (χ0) is 62.0. The lowest BCUT2D eigenvalue weighted by atomic mass is 9.91. The van der Waals surface area contributed by atoms with E-state index < -0.39 is 99.9 Å². The van der Waals surface area contributed by atoms with Crippen LogP contribution in [0.1, 0.15) is 70.2 Å². The van der Waals surface area contributed by atoms with Gasteiger partial charge in [-0.1, -0.05) is 71.4 Å². The molecule has 16 nitrogen and oxygen atoms in total. The van der Waals surface area contributed by atoms with E-state index in [1.54, 1.807) is 38.1 Å². The number of aryl methyl sites for hydroxylation is 2. The van der Waals surface area contributed by atoms with Crippen LogP contribution in [-0.4, -0.2) is 89.7 Å². The van der Waals surface area contributed by atoms with Gasteiger partial charge in [0.05, 0.1) is 46.0 Å². The molecule has 87 heavy (non-hydrogen) atoms. The maximum atomic E-state index is 16.1. The highest BCUT2D eigenvalue weighted by molar-refractivity contribution is 7.99. The molecular formula is C62H56F6N4O12S3. The molecule has 456 valence electrons. The number of sulfonamides is 2. The average molecular weight is 1260 g/mol. The van der Waals surface area contributed by atoms with Crippen molar-refractivity contribution in [1.29, 1.82) is 0 Å². The van der Waals surface area contributed by atoms with Gasteiger partial charge in [0.25, 0.3) is 20.0 Å². The van der Waals surface area contributed by atoms with Crippen LogP contribution in [0.2, 0.25) is 0 Å². The van der Waals surface area contributed by atoms with Gasteiger partial charge < -0.3 is 19.6 Å². The van der Waals surface area contributed by atoms with Gasteiger partial charge in [0, 0.05) is 83.2 Å². The molecule has 4 amide bonds. The van der Waals surface area contributed by atoms with Crippen molar-refractivity contribution in [2.75, 3.05) is 39.4 Å². The van der Waals surface area contributed by atoms with Gasteiger partial charge in [-0.05, 0) is 135 Å². The van der Waals surface area contributed by atoms with Crippen molar-refractivity contribution >= 4 is 67.6 Å². The van der Waals surface area contributed by atoms with E-state index in [-0.39, 0.29) is 120 Å². The van der Waals surface area contributed by atoms with E-state index in [0.29, 0.717) is 24.0 Å². The molecule has 6 aromatic rings. The lowest BCUT2D eigenvalue weighted by molar-refractivity contribution is -0.215. The fraction of sp³-hybridized carbons (Fsp3) is 0.290. The van der Waals surface area contributed by atoms with Crippen LogP contribution in [-0.2, 0) is 74.2 Å². The number of nitrogens with zero attached hydrogens (tertiary/aromatic N) is 2. The maximum absolute atomic E-state index is 16.1. The van der Waals surface area contributed by atoms with Crippen LogP contribution in [0.4, 0.5) is 26.3 Å². The Morgan fingerprint density at radius 2 is 0.943 bits per heavy atom. The lowest BCUT2D eigenvalue weighted by Crippen LogP contribution is -2.46. The summed E-state index contributed by atoms with van der Waals surface area (Å²) in [5.41, 5.74) is -1.51. The lowest BCUT2D eigenvalue weighted by Gasteiger charge is -2.31. The summed E-state index contributed by atoms with van der Waals surface area (Å²) >= 11 is 0.204. The van der Waals surface area contributed by atoms with Gasteiger partial charge >= 0.3 is 12.4 Å². The Balaban J connectivity index is 0.993. The Hall–Kier alpha value is -7.97. The quantitative estimate of drug-likeness (QED) is 0.0593. The van der Waals surface area contributed by atoms with Gasteiger partial charge in [-0.3, -0.25) is 19.2 Å². The topological polar surface area (TPSA) is 204 Å². The molecular weight excluding hydrogens is 1200 g/mol. The number of piperidine rings is 2. The third-order valence-electron chi connectivity index (χ3n) is 15.2. The van der Waals surface area contributed by atoms with Crippen LogP contribution in [0, 0.1) is 25.7 Å². The van der Waals surface area contributed by atoms with Gasteiger partial charge in [0.1, 0.15) is 0 Å². The number of rotatable bonds is 14. The highest BCUT2D eigenvalue weighted by atomic mass is 32.2. The fourth-order valence-electron chi connectivity index (χ4n) is 10.8. The Kier molecular flexibility index (Phi) is 18.1. The highest BCUT2D eigenvalue weighted by Crippen LogP contribution is 2.52. The standard InChI is InChI=1S/C62H56F6N4O12S3/c1-37-7-17-47(18-8-37)86(77,78)69-59(75)45-5-3-29-71(35-45)53(73)25-15-39-13-23-51(57(61(63,64)65)55(39)43-11-21-49-41(33-43)27-31-81-83-49)85-52-24-14-40(56(58(52)62(66,67)68)44-12-22-50-42(34-44)28-32-82-84-50)16-26-54(74)72-30-4-6-46(36-72)60(76)70-87(79,80)48-19-9-38(2)10-20-48/h7-26,33-34,45-46H,3-6,27-32,35-36H2,1-2H3,(H,69,75)(H,70,76). The van der Waals surface area contributed by atoms with Crippen molar-refractivity contribution in [2.24, 2.45) is 11.8 Å². The third-order valence-corrected chi connectivity index (χ3v) is 19.1. The Morgan fingerprint density at radius 1 is 0.552 bits per heavy atom. The molecule has 2 N–H and O–H groups in total. The summed E-state index contributed by atoms with van der Waals surface area (Å²) in [5.74, 6) is -4.58. The van der Waals surface area contributed by atoms with Crippen molar-refractivity contribution in [2.45, 2.75) is 84.3 Å². The molecule has 10 rings (SSSR count). The SMILES string of the molecule is Cc1ccc(S(=O)(=O)NC(=O)C2CCCN(C(=O)C=Cc3ccc(Sc4ccc(C=CC(=O)N5CCCC(C(=O)NS(=O)(=O)c6ccc(C)cc6)C5)c(-c5ccc6c(c5)CCOO6)c4C(F)(F)F)c(C(F)(F)F)c3-c3ccc4c(c3)CCOO4)C2)cc1. The molecule has 4 heterocycles. The fourth-order valence-corrected chi connectivity index (χ4v) is 14.0. The average Bonchev–Trinajstić information content (AvgIpc) is 0.958. The molecule has 4 aliphatic heterocycles. The van der Waals surface area contributed by atoms with Crippen LogP contribution in [0.15, 0.2) is 141 Å². The Labute approximate surface area is 501 Å². The molecule has 0 aromatic heterocycles. The second-order valence-electron chi connectivity index (χ2n) is 21.3. The van der Waals surface area contributed by atoms with Crippen molar-refractivity contribution in [3.05, 3.63) is 166 Å². The van der Waals surface area contributed by atoms with Crippen LogP contribution in [0.3, 0.4) is 0 Å². The molecule has 2 saturated heterocycles. The zero-order valence-electron chi connectivity index (χ0n) is 46.6. The summed E-state index contributed by atoms with van der Waals surface area (Å²) in [4.78, 5) is 76.3. The first-order valence-electron chi connectivity index (χ1n) is 27.6. The summed E-state index contributed by atoms with van der Waals surface area (Å²) in [6.07, 6.45) is -4.69. The number of amides is 4. The first-order chi connectivity index (χ1) is 41.3. The Morgan fingerprint density at radius 3 is 1.32 bits per heavy atom. The largest absolute Gasteiger partial charge is 0.418 e. The molecule has 2 atom stereocenters. The summed E-state index contributed by atoms with van der Waals surface area (Å²) in [6, 6.07) is 24.5. The molecule has 2 unspecified atom stereocenters. The van der Waals surface area contributed by atoms with Gasteiger partial charge in [-0.25, -0.2) is 26.3 Å². The molecule has 2 fully saturated rings. The second-order valence-corrected chi connectivity index (χ2v) is 25.8. The molecule has 0 radical (unpaired) electrons.